The van der Waals surface area contributed by atoms with E-state index in [0.29, 0.717) is 11.7 Å². The van der Waals surface area contributed by atoms with Crippen molar-refractivity contribution in [2.45, 2.75) is 63.3 Å². The molecule has 0 bridgehead atoms. The van der Waals surface area contributed by atoms with Gasteiger partial charge in [-0.1, -0.05) is 27.2 Å². The van der Waals surface area contributed by atoms with Crippen molar-refractivity contribution in [3.63, 3.8) is 0 Å². The molecule has 0 fully saturated rings. The fraction of sp³-hybridized carbons (Fsp3) is 1.00. The second-order valence-electron chi connectivity index (χ2n) is 4.87. The molecule has 0 aromatic carbocycles. The van der Waals surface area contributed by atoms with Gasteiger partial charge in [-0.05, 0) is 30.9 Å². The summed E-state index contributed by atoms with van der Waals surface area (Å²) in [4.78, 5) is 0. The van der Waals surface area contributed by atoms with Crippen molar-refractivity contribution >= 4 is 27.5 Å². The van der Waals surface area contributed by atoms with Crippen LogP contribution in [0.1, 0.15) is 46.5 Å². The molecule has 0 saturated heterocycles. The van der Waals surface area contributed by atoms with Crippen molar-refractivity contribution in [1.82, 2.24) is 0 Å². The molecule has 4 radical (unpaired) electrons. The van der Waals surface area contributed by atoms with Crippen molar-refractivity contribution in [1.29, 1.82) is 0 Å². The van der Waals surface area contributed by atoms with Gasteiger partial charge in [0.15, 0.2) is 0 Å². The van der Waals surface area contributed by atoms with Crippen LogP contribution in [0, 0.1) is 5.92 Å². The Hall–Kier alpha value is 0.340. The van der Waals surface area contributed by atoms with Crippen LogP contribution in [0.15, 0.2) is 0 Å². The molecular weight excluding hydrogens is 236 g/mol. The largest absolute Gasteiger partial charge is 0.262 e. The van der Waals surface area contributed by atoms with Gasteiger partial charge >= 0.3 is 0 Å². The normalized spacial score (nSPS) is 17.7. The van der Waals surface area contributed by atoms with E-state index in [-0.39, 0.29) is 6.42 Å². The lowest BCUT2D eigenvalue weighted by Gasteiger charge is -2.21. The molecule has 0 amide bonds. The van der Waals surface area contributed by atoms with E-state index in [1.165, 1.54) is 12.8 Å². The zero-order chi connectivity index (χ0) is 13.5. The van der Waals surface area contributed by atoms with Crippen molar-refractivity contribution < 1.29 is 8.78 Å². The van der Waals surface area contributed by atoms with Gasteiger partial charge in [0.2, 0.25) is 0 Å². The van der Waals surface area contributed by atoms with Gasteiger partial charge in [0.25, 0.3) is 0 Å². The Morgan fingerprint density at radius 1 is 1.29 bits per heavy atom. The topological polar surface area (TPSA) is 0 Å². The van der Waals surface area contributed by atoms with E-state index < -0.39 is 11.6 Å². The van der Waals surface area contributed by atoms with E-state index in [9.17, 15) is 8.78 Å². The van der Waals surface area contributed by atoms with E-state index in [4.69, 9.17) is 15.7 Å². The molecule has 0 spiro atoms. The molecule has 96 valence electrons. The summed E-state index contributed by atoms with van der Waals surface area (Å²) in [5, 5.41) is 0.564. The molecule has 0 aliphatic carbocycles. The third kappa shape index (κ3) is 8.98. The van der Waals surface area contributed by atoms with E-state index in [1.54, 1.807) is 11.8 Å². The molecule has 17 heavy (non-hydrogen) atoms. The van der Waals surface area contributed by atoms with E-state index >= 15 is 0 Å². The van der Waals surface area contributed by atoms with Crippen LogP contribution in [0.5, 0.6) is 0 Å². The smallest absolute Gasteiger partial charge is 0.117 e. The van der Waals surface area contributed by atoms with Crippen LogP contribution in [0.2, 0.25) is 0 Å². The number of hydrogen-bond donors (Lipinski definition) is 0. The first kappa shape index (κ1) is 17.3. The summed E-state index contributed by atoms with van der Waals surface area (Å²) in [5.41, 5.74) is -2.69. The fourth-order valence-electron chi connectivity index (χ4n) is 1.57. The maximum absolute atomic E-state index is 13.1. The highest BCUT2D eigenvalue weighted by Gasteiger charge is 2.26. The number of alkyl halides is 2. The molecule has 0 aromatic heterocycles. The van der Waals surface area contributed by atoms with Crippen molar-refractivity contribution in [3.05, 3.63) is 0 Å². The summed E-state index contributed by atoms with van der Waals surface area (Å²) in [7, 11) is 9.67. The van der Waals surface area contributed by atoms with Gasteiger partial charge in [-0.2, -0.15) is 11.8 Å². The Balaban J connectivity index is 3.58. The fourth-order valence-corrected chi connectivity index (χ4v) is 2.77. The lowest BCUT2D eigenvalue weighted by atomic mass is 9.63. The van der Waals surface area contributed by atoms with Crippen molar-refractivity contribution in [2.24, 2.45) is 5.92 Å². The Morgan fingerprint density at radius 2 is 1.88 bits per heavy atom. The van der Waals surface area contributed by atoms with E-state index in [2.05, 4.69) is 20.8 Å². The Labute approximate surface area is 112 Å². The third-order valence-corrected chi connectivity index (χ3v) is 4.20. The predicted octanol–water partition coefficient (Wildman–Crippen LogP) is 3.62. The highest BCUT2D eigenvalue weighted by Crippen LogP contribution is 2.23. The first-order valence-electron chi connectivity index (χ1n) is 6.29. The van der Waals surface area contributed by atoms with Crippen LogP contribution in [-0.4, -0.2) is 38.3 Å². The summed E-state index contributed by atoms with van der Waals surface area (Å²) in [6, 6.07) is 0. The third-order valence-electron chi connectivity index (χ3n) is 2.92. The SMILES string of the molecule is [B]C([B])(F)C(F)CCCSC(C)CC(C)CC. The second kappa shape index (κ2) is 8.44. The van der Waals surface area contributed by atoms with Gasteiger partial charge in [0.1, 0.15) is 21.9 Å². The molecule has 0 aromatic rings. The van der Waals surface area contributed by atoms with Crippen molar-refractivity contribution in [2.75, 3.05) is 5.75 Å². The van der Waals surface area contributed by atoms with Crippen LogP contribution < -0.4 is 0 Å². The zero-order valence-electron chi connectivity index (χ0n) is 11.1. The lowest BCUT2D eigenvalue weighted by Crippen LogP contribution is -2.35. The average Bonchev–Trinajstić information content (AvgIpc) is 2.22. The second-order valence-corrected chi connectivity index (χ2v) is 6.41. The van der Waals surface area contributed by atoms with Gasteiger partial charge in [0, 0.05) is 5.25 Å². The van der Waals surface area contributed by atoms with Crippen LogP contribution in [0.4, 0.5) is 8.78 Å². The maximum Gasteiger partial charge on any atom is 0.117 e. The zero-order valence-corrected chi connectivity index (χ0v) is 11.9. The van der Waals surface area contributed by atoms with Gasteiger partial charge in [-0.3, -0.25) is 4.39 Å². The minimum atomic E-state index is -2.69. The average molecular weight is 258 g/mol. The molecule has 0 N–H and O–H groups in total. The standard InChI is InChI=1S/C12H22B2F2S/c1-4-9(2)8-10(3)17-7-5-6-11(15)12(13,14)16/h9-11H,4-8H2,1-3H3. The summed E-state index contributed by atoms with van der Waals surface area (Å²) in [6.45, 7) is 6.59. The number of rotatable bonds is 9. The molecule has 0 aliphatic heterocycles. The van der Waals surface area contributed by atoms with Crippen LogP contribution in [0.3, 0.4) is 0 Å². The highest BCUT2D eigenvalue weighted by molar-refractivity contribution is 7.99. The van der Waals surface area contributed by atoms with Crippen molar-refractivity contribution in [3.8, 4) is 0 Å². The summed E-state index contributed by atoms with van der Waals surface area (Å²) in [5.74, 6) is 1.55. The number of halogens is 2. The Morgan fingerprint density at radius 3 is 2.35 bits per heavy atom. The summed E-state index contributed by atoms with van der Waals surface area (Å²) < 4.78 is 25.8. The minimum absolute atomic E-state index is 0.0898. The minimum Gasteiger partial charge on any atom is -0.262 e. The summed E-state index contributed by atoms with van der Waals surface area (Å²) >= 11 is 1.80. The van der Waals surface area contributed by atoms with Gasteiger partial charge < -0.3 is 0 Å². The van der Waals surface area contributed by atoms with Crippen LogP contribution in [-0.2, 0) is 0 Å². The molecule has 3 atom stereocenters. The quantitative estimate of drug-likeness (QED) is 0.449. The molecule has 0 rings (SSSR count). The van der Waals surface area contributed by atoms with Gasteiger partial charge in [0.05, 0.1) is 5.47 Å². The van der Waals surface area contributed by atoms with Crippen LogP contribution in [0.25, 0.3) is 0 Å². The molecule has 3 unspecified atom stereocenters. The molecule has 5 heteroatoms. The predicted molar refractivity (Wildman–Crippen MR) is 75.5 cm³/mol. The lowest BCUT2D eigenvalue weighted by molar-refractivity contribution is 0.185. The Kier molecular flexibility index (Phi) is 8.61. The molecule has 0 heterocycles. The van der Waals surface area contributed by atoms with E-state index in [0.717, 1.165) is 11.7 Å². The molecule has 0 saturated carbocycles. The Bertz CT molecular complexity index is 197. The molecular formula is C12H22B2F2S. The highest BCUT2D eigenvalue weighted by atomic mass is 32.2. The summed E-state index contributed by atoms with van der Waals surface area (Å²) in [6.07, 6.45) is 1.28. The van der Waals surface area contributed by atoms with Crippen LogP contribution >= 0.6 is 11.8 Å². The van der Waals surface area contributed by atoms with Gasteiger partial charge in [-0.15, -0.1) is 0 Å². The van der Waals surface area contributed by atoms with Gasteiger partial charge in [-0.25, -0.2) is 4.39 Å². The van der Waals surface area contributed by atoms with E-state index in [1.807, 2.05) is 0 Å². The first-order valence-corrected chi connectivity index (χ1v) is 7.34. The molecule has 0 aliphatic rings. The maximum atomic E-state index is 13.1. The molecule has 0 nitrogen and oxygen atoms in total. The first-order chi connectivity index (χ1) is 7.77. The number of hydrogen-bond acceptors (Lipinski definition) is 1. The monoisotopic (exact) mass is 258 g/mol. The number of thioether (sulfide) groups is 1.